The molecular weight excluding hydrogens is 318 g/mol. The second-order valence-electron chi connectivity index (χ2n) is 5.38. The molecule has 25 heavy (non-hydrogen) atoms. The van der Waals surface area contributed by atoms with Gasteiger partial charge in [0.25, 0.3) is 5.91 Å². The Morgan fingerprint density at radius 3 is 2.76 bits per heavy atom. The van der Waals surface area contributed by atoms with Crippen LogP contribution in [0.5, 0.6) is 0 Å². The van der Waals surface area contributed by atoms with Gasteiger partial charge in [0, 0.05) is 56.6 Å². The monoisotopic (exact) mass is 337 g/mol. The molecular formula is C18H19N5O2. The summed E-state index contributed by atoms with van der Waals surface area (Å²) in [4.78, 5) is 25.0. The number of amides is 1. The molecule has 0 saturated carbocycles. The summed E-state index contributed by atoms with van der Waals surface area (Å²) in [6, 6.07) is 7.35. The van der Waals surface area contributed by atoms with Crippen molar-refractivity contribution >= 4 is 5.91 Å². The number of imidazole rings is 1. The van der Waals surface area contributed by atoms with Crippen molar-refractivity contribution in [1.82, 2.24) is 24.8 Å². The van der Waals surface area contributed by atoms with E-state index in [1.54, 1.807) is 38.8 Å². The van der Waals surface area contributed by atoms with E-state index in [1.165, 1.54) is 0 Å². The number of hydrogen-bond acceptors (Lipinski definition) is 5. The molecule has 0 aliphatic heterocycles. The predicted molar refractivity (Wildman–Crippen MR) is 93.6 cm³/mol. The summed E-state index contributed by atoms with van der Waals surface area (Å²) < 4.78 is 6.94. The molecule has 0 saturated heterocycles. The Kier molecular flexibility index (Phi) is 5.15. The fraction of sp³-hybridized carbons (Fsp3) is 0.222. The third kappa shape index (κ3) is 3.72. The Bertz CT molecular complexity index is 858. The Balaban J connectivity index is 1.92. The van der Waals surface area contributed by atoms with Gasteiger partial charge in [-0.1, -0.05) is 6.07 Å². The third-order valence-corrected chi connectivity index (χ3v) is 3.75. The highest BCUT2D eigenvalue weighted by Gasteiger charge is 2.11. The van der Waals surface area contributed by atoms with Crippen LogP contribution in [0.3, 0.4) is 0 Å². The van der Waals surface area contributed by atoms with Gasteiger partial charge in [-0.15, -0.1) is 0 Å². The Hall–Kier alpha value is -3.06. The quantitative estimate of drug-likeness (QED) is 0.743. The summed E-state index contributed by atoms with van der Waals surface area (Å²) in [5.41, 5.74) is 2.24. The number of benzene rings is 1. The first-order chi connectivity index (χ1) is 12.2. The van der Waals surface area contributed by atoms with Crippen LogP contribution in [0.25, 0.3) is 17.1 Å². The van der Waals surface area contributed by atoms with E-state index in [-0.39, 0.29) is 5.91 Å². The standard InChI is InChI=1S/C18H19N5O2/c1-19-18(24)13-4-3-5-15(10-13)23-8-7-20-17(23)14-11-21-16(22-12-14)6-9-25-2/h3-5,7-8,10-12H,6,9H2,1-2H3,(H,19,24). The molecule has 0 aliphatic rings. The van der Waals surface area contributed by atoms with Crippen LogP contribution < -0.4 is 5.32 Å². The highest BCUT2D eigenvalue weighted by molar-refractivity contribution is 5.94. The number of carbonyl (C=O) groups is 1. The second kappa shape index (κ2) is 7.67. The topological polar surface area (TPSA) is 81.9 Å². The highest BCUT2D eigenvalue weighted by atomic mass is 16.5. The lowest BCUT2D eigenvalue weighted by atomic mass is 10.2. The molecule has 0 atom stereocenters. The minimum Gasteiger partial charge on any atom is -0.384 e. The van der Waals surface area contributed by atoms with Crippen LogP contribution in [0.1, 0.15) is 16.2 Å². The van der Waals surface area contributed by atoms with Gasteiger partial charge >= 0.3 is 0 Å². The lowest BCUT2D eigenvalue weighted by molar-refractivity contribution is 0.0963. The first-order valence-corrected chi connectivity index (χ1v) is 7.89. The maximum atomic E-state index is 11.8. The largest absolute Gasteiger partial charge is 0.384 e. The molecule has 0 aliphatic carbocycles. The molecule has 2 heterocycles. The number of nitrogens with zero attached hydrogens (tertiary/aromatic N) is 4. The van der Waals surface area contributed by atoms with Gasteiger partial charge in [-0.3, -0.25) is 9.36 Å². The lowest BCUT2D eigenvalue weighted by Gasteiger charge is -2.09. The molecule has 0 fully saturated rings. The van der Waals surface area contributed by atoms with Gasteiger partial charge in [-0.2, -0.15) is 0 Å². The van der Waals surface area contributed by atoms with Crippen molar-refractivity contribution in [3.8, 4) is 17.1 Å². The maximum Gasteiger partial charge on any atom is 0.251 e. The lowest BCUT2D eigenvalue weighted by Crippen LogP contribution is -2.17. The van der Waals surface area contributed by atoms with E-state index < -0.39 is 0 Å². The van der Waals surface area contributed by atoms with E-state index >= 15 is 0 Å². The highest BCUT2D eigenvalue weighted by Crippen LogP contribution is 2.21. The molecule has 0 bridgehead atoms. The molecule has 0 radical (unpaired) electrons. The molecule has 1 N–H and O–H groups in total. The van der Waals surface area contributed by atoms with E-state index in [4.69, 9.17) is 4.74 Å². The zero-order chi connectivity index (χ0) is 17.6. The van der Waals surface area contributed by atoms with E-state index in [2.05, 4.69) is 20.3 Å². The van der Waals surface area contributed by atoms with Crippen LogP contribution in [0, 0.1) is 0 Å². The van der Waals surface area contributed by atoms with E-state index in [1.807, 2.05) is 29.0 Å². The number of rotatable bonds is 6. The minimum atomic E-state index is -0.130. The Morgan fingerprint density at radius 2 is 2.04 bits per heavy atom. The molecule has 7 nitrogen and oxygen atoms in total. The zero-order valence-corrected chi connectivity index (χ0v) is 14.1. The normalized spacial score (nSPS) is 10.6. The van der Waals surface area contributed by atoms with Crippen molar-refractivity contribution in [2.75, 3.05) is 20.8 Å². The number of carbonyl (C=O) groups excluding carboxylic acids is 1. The van der Waals surface area contributed by atoms with Crippen molar-refractivity contribution in [1.29, 1.82) is 0 Å². The van der Waals surface area contributed by atoms with Crippen LogP contribution >= 0.6 is 0 Å². The number of aromatic nitrogens is 4. The number of hydrogen-bond donors (Lipinski definition) is 1. The van der Waals surface area contributed by atoms with E-state index in [0.717, 1.165) is 17.1 Å². The predicted octanol–water partition coefficient (Wildman–Crippen LogP) is 1.88. The molecule has 1 amide bonds. The fourth-order valence-electron chi connectivity index (χ4n) is 2.46. The van der Waals surface area contributed by atoms with Crippen LogP contribution in [-0.2, 0) is 11.2 Å². The van der Waals surface area contributed by atoms with Gasteiger partial charge in [0.2, 0.25) is 0 Å². The summed E-state index contributed by atoms with van der Waals surface area (Å²) in [7, 11) is 3.26. The average Bonchev–Trinajstić information content (AvgIpc) is 3.16. The molecule has 3 aromatic rings. The average molecular weight is 337 g/mol. The van der Waals surface area contributed by atoms with Gasteiger partial charge in [0.1, 0.15) is 11.6 Å². The molecule has 0 unspecified atom stereocenters. The summed E-state index contributed by atoms with van der Waals surface area (Å²) in [6.45, 7) is 0.584. The molecule has 2 aromatic heterocycles. The maximum absolute atomic E-state index is 11.8. The van der Waals surface area contributed by atoms with Crippen LogP contribution in [-0.4, -0.2) is 46.2 Å². The molecule has 128 valence electrons. The van der Waals surface area contributed by atoms with Crippen LogP contribution in [0.15, 0.2) is 49.1 Å². The van der Waals surface area contributed by atoms with Crippen molar-refractivity contribution in [2.24, 2.45) is 0 Å². The SMILES string of the molecule is CNC(=O)c1cccc(-n2ccnc2-c2cnc(CCOC)nc2)c1. The van der Waals surface area contributed by atoms with Gasteiger partial charge in [-0.05, 0) is 18.2 Å². The Labute approximate surface area is 145 Å². The van der Waals surface area contributed by atoms with Crippen molar-refractivity contribution in [3.63, 3.8) is 0 Å². The summed E-state index contributed by atoms with van der Waals surface area (Å²) in [5.74, 6) is 1.31. The molecule has 3 rings (SSSR count). The fourth-order valence-corrected chi connectivity index (χ4v) is 2.46. The van der Waals surface area contributed by atoms with Crippen molar-refractivity contribution < 1.29 is 9.53 Å². The van der Waals surface area contributed by atoms with Gasteiger partial charge in [-0.25, -0.2) is 15.0 Å². The molecule has 0 spiro atoms. The summed E-state index contributed by atoms with van der Waals surface area (Å²) in [6.07, 6.45) is 7.72. The Morgan fingerprint density at radius 1 is 1.24 bits per heavy atom. The second-order valence-corrected chi connectivity index (χ2v) is 5.38. The van der Waals surface area contributed by atoms with Crippen LogP contribution in [0.4, 0.5) is 0 Å². The number of methoxy groups -OCH3 is 1. The van der Waals surface area contributed by atoms with E-state index in [0.29, 0.717) is 24.4 Å². The first kappa shape index (κ1) is 16.8. The van der Waals surface area contributed by atoms with Crippen LogP contribution in [0.2, 0.25) is 0 Å². The first-order valence-electron chi connectivity index (χ1n) is 7.89. The van der Waals surface area contributed by atoms with Crippen molar-refractivity contribution in [2.45, 2.75) is 6.42 Å². The van der Waals surface area contributed by atoms with E-state index in [9.17, 15) is 4.79 Å². The smallest absolute Gasteiger partial charge is 0.251 e. The van der Waals surface area contributed by atoms with Gasteiger partial charge < -0.3 is 10.1 Å². The van der Waals surface area contributed by atoms with Crippen molar-refractivity contribution in [3.05, 3.63) is 60.4 Å². The van der Waals surface area contributed by atoms with Gasteiger partial charge in [0.15, 0.2) is 0 Å². The number of nitrogens with one attached hydrogen (secondary N) is 1. The zero-order valence-electron chi connectivity index (χ0n) is 14.1. The number of ether oxygens (including phenoxy) is 1. The summed E-state index contributed by atoms with van der Waals surface area (Å²) >= 11 is 0. The third-order valence-electron chi connectivity index (χ3n) is 3.75. The molecule has 7 heteroatoms. The summed E-state index contributed by atoms with van der Waals surface area (Å²) in [5, 5.41) is 2.63. The van der Waals surface area contributed by atoms with Gasteiger partial charge in [0.05, 0.1) is 12.2 Å². The molecule has 1 aromatic carbocycles. The minimum absolute atomic E-state index is 0.130.